The zero-order valence-electron chi connectivity index (χ0n) is 7.99. The van der Waals surface area contributed by atoms with Crippen molar-refractivity contribution in [2.45, 2.75) is 38.9 Å². The molecule has 1 heterocycles. The van der Waals surface area contributed by atoms with E-state index in [1.807, 2.05) is 6.08 Å². The van der Waals surface area contributed by atoms with Crippen molar-refractivity contribution in [2.24, 2.45) is 5.92 Å². The molecule has 0 unspecified atom stereocenters. The Morgan fingerprint density at radius 2 is 2.42 bits per heavy atom. The molecule has 2 atom stereocenters. The van der Waals surface area contributed by atoms with Gasteiger partial charge in [-0.05, 0) is 18.8 Å². The Morgan fingerprint density at radius 1 is 1.67 bits per heavy atom. The molecular weight excluding hydrogens is 148 g/mol. The fourth-order valence-corrected chi connectivity index (χ4v) is 1.42. The molecule has 0 radical (unpaired) electrons. The van der Waals surface area contributed by atoms with E-state index >= 15 is 0 Å². The molecule has 0 aromatic carbocycles. The highest BCUT2D eigenvalue weighted by molar-refractivity contribution is 4.98. The molecule has 0 saturated carbocycles. The van der Waals surface area contributed by atoms with Crippen LogP contribution in [0.15, 0.2) is 24.8 Å². The molecule has 12 heavy (non-hydrogen) atoms. The summed E-state index contributed by atoms with van der Waals surface area (Å²) in [4.78, 5) is 0. The summed E-state index contributed by atoms with van der Waals surface area (Å²) in [6, 6.07) is 0. The van der Waals surface area contributed by atoms with E-state index in [-0.39, 0.29) is 6.10 Å². The molecule has 0 aromatic rings. The SMILES string of the molecule is C=CC[C@@H]1C=CC[C@@H](C(C)C)O1. The van der Waals surface area contributed by atoms with Gasteiger partial charge in [0, 0.05) is 0 Å². The van der Waals surface area contributed by atoms with E-state index in [4.69, 9.17) is 4.74 Å². The lowest BCUT2D eigenvalue weighted by molar-refractivity contribution is -0.0178. The van der Waals surface area contributed by atoms with Crippen molar-refractivity contribution in [3.8, 4) is 0 Å². The highest BCUT2D eigenvalue weighted by Crippen LogP contribution is 2.20. The first-order chi connectivity index (χ1) is 5.74. The normalized spacial score (nSPS) is 29.2. The van der Waals surface area contributed by atoms with Crippen molar-refractivity contribution >= 4 is 0 Å². The fourth-order valence-electron chi connectivity index (χ4n) is 1.42. The number of ether oxygens (including phenoxy) is 1. The Kier molecular flexibility index (Phi) is 3.54. The second-order valence-electron chi connectivity index (χ2n) is 3.65. The maximum Gasteiger partial charge on any atom is 0.0794 e. The molecule has 1 nitrogen and oxygen atoms in total. The summed E-state index contributed by atoms with van der Waals surface area (Å²) >= 11 is 0. The minimum atomic E-state index is 0.267. The highest BCUT2D eigenvalue weighted by Gasteiger charge is 2.19. The van der Waals surface area contributed by atoms with Crippen molar-refractivity contribution in [3.63, 3.8) is 0 Å². The molecule has 1 aliphatic rings. The lowest BCUT2D eigenvalue weighted by Crippen LogP contribution is -2.27. The minimum absolute atomic E-state index is 0.267. The summed E-state index contributed by atoms with van der Waals surface area (Å²) in [5.41, 5.74) is 0. The van der Waals surface area contributed by atoms with Gasteiger partial charge in [0.25, 0.3) is 0 Å². The third-order valence-electron chi connectivity index (χ3n) is 2.21. The topological polar surface area (TPSA) is 9.23 Å². The summed E-state index contributed by atoms with van der Waals surface area (Å²) in [6.45, 7) is 8.12. The van der Waals surface area contributed by atoms with Crippen molar-refractivity contribution in [2.75, 3.05) is 0 Å². The highest BCUT2D eigenvalue weighted by atomic mass is 16.5. The lowest BCUT2D eigenvalue weighted by Gasteiger charge is -2.28. The van der Waals surface area contributed by atoms with Crippen LogP contribution in [0.25, 0.3) is 0 Å². The zero-order chi connectivity index (χ0) is 8.97. The predicted molar refractivity (Wildman–Crippen MR) is 52.1 cm³/mol. The molecule has 0 N–H and O–H groups in total. The zero-order valence-corrected chi connectivity index (χ0v) is 7.99. The molecular formula is C11H18O. The molecule has 0 aliphatic carbocycles. The Morgan fingerprint density at radius 3 is 3.00 bits per heavy atom. The maximum atomic E-state index is 5.83. The van der Waals surface area contributed by atoms with Gasteiger partial charge in [0.1, 0.15) is 0 Å². The number of hydrogen-bond acceptors (Lipinski definition) is 1. The average molecular weight is 166 g/mol. The molecule has 0 spiro atoms. The Hall–Kier alpha value is -0.560. The Labute approximate surface area is 75.1 Å². The van der Waals surface area contributed by atoms with Gasteiger partial charge in [-0.1, -0.05) is 32.1 Å². The van der Waals surface area contributed by atoms with E-state index in [0.29, 0.717) is 12.0 Å². The van der Waals surface area contributed by atoms with Gasteiger partial charge in [-0.2, -0.15) is 0 Å². The smallest absolute Gasteiger partial charge is 0.0794 e. The van der Waals surface area contributed by atoms with Gasteiger partial charge in [0.15, 0.2) is 0 Å². The molecule has 0 saturated heterocycles. The second kappa shape index (κ2) is 4.46. The minimum Gasteiger partial charge on any atom is -0.370 e. The van der Waals surface area contributed by atoms with Gasteiger partial charge < -0.3 is 4.74 Å². The van der Waals surface area contributed by atoms with Crippen LogP contribution in [-0.4, -0.2) is 12.2 Å². The molecule has 1 heteroatoms. The summed E-state index contributed by atoms with van der Waals surface area (Å²) in [6.07, 6.45) is 8.94. The first-order valence-corrected chi connectivity index (χ1v) is 4.67. The molecule has 1 aliphatic heterocycles. The van der Waals surface area contributed by atoms with E-state index in [1.165, 1.54) is 0 Å². The van der Waals surface area contributed by atoms with Crippen LogP contribution in [0.4, 0.5) is 0 Å². The van der Waals surface area contributed by atoms with Crippen molar-refractivity contribution < 1.29 is 4.74 Å². The first-order valence-electron chi connectivity index (χ1n) is 4.67. The maximum absolute atomic E-state index is 5.83. The van der Waals surface area contributed by atoms with Gasteiger partial charge in [-0.25, -0.2) is 0 Å². The summed E-state index contributed by atoms with van der Waals surface area (Å²) in [5.74, 6) is 0.613. The molecule has 0 amide bonds. The lowest BCUT2D eigenvalue weighted by atomic mass is 10.0. The van der Waals surface area contributed by atoms with Crippen LogP contribution in [0.1, 0.15) is 26.7 Å². The molecule has 1 rings (SSSR count). The first kappa shape index (κ1) is 9.53. The van der Waals surface area contributed by atoms with Gasteiger partial charge >= 0.3 is 0 Å². The molecule has 0 aromatic heterocycles. The quantitative estimate of drug-likeness (QED) is 0.586. The average Bonchev–Trinajstić information content (AvgIpc) is 2.05. The van der Waals surface area contributed by atoms with Gasteiger partial charge in [0.05, 0.1) is 12.2 Å². The van der Waals surface area contributed by atoms with Gasteiger partial charge in [-0.15, -0.1) is 6.58 Å². The summed E-state index contributed by atoms with van der Waals surface area (Å²) in [5, 5.41) is 0. The van der Waals surface area contributed by atoms with Gasteiger partial charge in [0.2, 0.25) is 0 Å². The van der Waals surface area contributed by atoms with Crippen molar-refractivity contribution in [1.29, 1.82) is 0 Å². The van der Waals surface area contributed by atoms with E-state index in [0.717, 1.165) is 12.8 Å². The third-order valence-corrected chi connectivity index (χ3v) is 2.21. The van der Waals surface area contributed by atoms with E-state index in [9.17, 15) is 0 Å². The van der Waals surface area contributed by atoms with Crippen LogP contribution in [0, 0.1) is 5.92 Å². The summed E-state index contributed by atoms with van der Waals surface area (Å²) < 4.78 is 5.83. The van der Waals surface area contributed by atoms with Crippen LogP contribution in [0.5, 0.6) is 0 Å². The third kappa shape index (κ3) is 2.49. The fraction of sp³-hybridized carbons (Fsp3) is 0.636. The van der Waals surface area contributed by atoms with Gasteiger partial charge in [-0.3, -0.25) is 0 Å². The number of hydrogen-bond donors (Lipinski definition) is 0. The van der Waals surface area contributed by atoms with Crippen LogP contribution in [0.2, 0.25) is 0 Å². The molecule has 0 bridgehead atoms. The van der Waals surface area contributed by atoms with Crippen LogP contribution in [-0.2, 0) is 4.74 Å². The standard InChI is InChI=1S/C11H18O/c1-4-6-10-7-5-8-11(12-10)9(2)3/h4-5,7,9-11H,1,6,8H2,2-3H3/t10-,11+/m1/s1. The summed E-state index contributed by atoms with van der Waals surface area (Å²) in [7, 11) is 0. The predicted octanol–water partition coefficient (Wildman–Crippen LogP) is 2.93. The monoisotopic (exact) mass is 166 g/mol. The Balaban J connectivity index is 2.44. The van der Waals surface area contributed by atoms with Crippen LogP contribution >= 0.6 is 0 Å². The van der Waals surface area contributed by atoms with E-state index in [2.05, 4.69) is 32.6 Å². The van der Waals surface area contributed by atoms with E-state index < -0.39 is 0 Å². The largest absolute Gasteiger partial charge is 0.370 e. The van der Waals surface area contributed by atoms with Crippen LogP contribution < -0.4 is 0 Å². The van der Waals surface area contributed by atoms with Crippen molar-refractivity contribution in [3.05, 3.63) is 24.8 Å². The van der Waals surface area contributed by atoms with Crippen LogP contribution in [0.3, 0.4) is 0 Å². The molecule has 68 valence electrons. The van der Waals surface area contributed by atoms with Crippen molar-refractivity contribution in [1.82, 2.24) is 0 Å². The molecule has 0 fully saturated rings. The number of rotatable bonds is 3. The second-order valence-corrected chi connectivity index (χ2v) is 3.65. The van der Waals surface area contributed by atoms with E-state index in [1.54, 1.807) is 0 Å². The Bertz CT molecular complexity index is 170.